The molecular weight excluding hydrogens is 554 g/mol. The lowest BCUT2D eigenvalue weighted by Gasteiger charge is -2.48. The number of fused-ring (bicyclic) bond motifs is 5. The predicted molar refractivity (Wildman–Crippen MR) is 162 cm³/mol. The van der Waals surface area contributed by atoms with Crippen LogP contribution in [0.25, 0.3) is 28.0 Å². The summed E-state index contributed by atoms with van der Waals surface area (Å²) in [6.45, 7) is 12.1. The zero-order valence-corrected chi connectivity index (χ0v) is 24.4. The van der Waals surface area contributed by atoms with Gasteiger partial charge in [-0.1, -0.05) is 26.5 Å². The van der Waals surface area contributed by atoms with Crippen molar-refractivity contribution in [3.8, 4) is 22.7 Å². The molecule has 222 valence electrons. The molecule has 2 atom stereocenters. The van der Waals surface area contributed by atoms with Crippen LogP contribution in [0, 0.1) is 18.6 Å². The van der Waals surface area contributed by atoms with Gasteiger partial charge in [0.1, 0.15) is 18.1 Å². The first-order valence-corrected chi connectivity index (χ1v) is 14.1. The van der Waals surface area contributed by atoms with Gasteiger partial charge in [-0.05, 0) is 55.7 Å². The number of aryl methyl sites for hydroxylation is 1. The van der Waals surface area contributed by atoms with Gasteiger partial charge >= 0.3 is 5.56 Å². The minimum absolute atomic E-state index is 0.0123. The van der Waals surface area contributed by atoms with Crippen LogP contribution < -0.4 is 20.9 Å². The number of halogens is 2. The number of amides is 1. The maximum absolute atomic E-state index is 16.1. The number of carbonyl (C=O) groups is 1. The van der Waals surface area contributed by atoms with E-state index in [1.807, 2.05) is 32.6 Å². The maximum Gasteiger partial charge on any atom is 0.301 e. The largest absolute Gasteiger partial charge is 0.484 e. The molecule has 0 bridgehead atoms. The van der Waals surface area contributed by atoms with Crippen LogP contribution in [0.3, 0.4) is 0 Å². The van der Waals surface area contributed by atoms with Crippen molar-refractivity contribution in [3.63, 3.8) is 0 Å². The average molecular weight is 587 g/mol. The fourth-order valence-electron chi connectivity index (χ4n) is 6.18. The fraction of sp³-hybridized carbons (Fsp3) is 0.312. The van der Waals surface area contributed by atoms with Crippen molar-refractivity contribution in [2.24, 2.45) is 0 Å². The maximum atomic E-state index is 16.1. The minimum Gasteiger partial charge on any atom is -0.484 e. The standard InChI is InChI=1S/C32H32F2N6O3/c1-6-24(41)38-14-19-15-43-30-29(39(19)13-18(38)5)20-12-22(34)27(25-21(33)8-7-9-23(25)35)37-31(20)40(32(30)42)28-17(4)10-11-36-26(28)16(2)3/h6-12,16,18-19H,1,13-15,35H2,2-5H3. The number of anilines is 2. The van der Waals surface area contributed by atoms with Gasteiger partial charge in [-0.3, -0.25) is 19.1 Å². The first kappa shape index (κ1) is 28.3. The summed E-state index contributed by atoms with van der Waals surface area (Å²) in [6, 6.07) is 6.60. The topological polar surface area (TPSA) is 107 Å². The van der Waals surface area contributed by atoms with Gasteiger partial charge in [-0.25, -0.2) is 13.8 Å². The molecular formula is C32H32F2N6O3. The zero-order chi connectivity index (χ0) is 30.7. The quantitative estimate of drug-likeness (QED) is 0.272. The summed E-state index contributed by atoms with van der Waals surface area (Å²) in [5, 5.41) is 0.309. The van der Waals surface area contributed by atoms with Gasteiger partial charge in [-0.2, -0.15) is 0 Å². The highest BCUT2D eigenvalue weighted by atomic mass is 19.1. The second-order valence-electron chi connectivity index (χ2n) is 11.4. The van der Waals surface area contributed by atoms with E-state index in [0.717, 1.165) is 5.56 Å². The second-order valence-corrected chi connectivity index (χ2v) is 11.4. The molecule has 0 saturated carbocycles. The van der Waals surface area contributed by atoms with E-state index in [9.17, 15) is 9.59 Å². The number of benzene rings is 1. The van der Waals surface area contributed by atoms with Gasteiger partial charge in [0.05, 0.1) is 28.7 Å². The molecule has 6 rings (SSSR count). The van der Waals surface area contributed by atoms with Crippen LogP contribution in [0.5, 0.6) is 5.75 Å². The first-order chi connectivity index (χ1) is 20.5. The van der Waals surface area contributed by atoms with Crippen molar-refractivity contribution in [2.45, 2.75) is 45.7 Å². The van der Waals surface area contributed by atoms with Gasteiger partial charge in [0.2, 0.25) is 11.7 Å². The molecule has 0 aliphatic carbocycles. The van der Waals surface area contributed by atoms with Crippen molar-refractivity contribution in [3.05, 3.63) is 82.4 Å². The highest BCUT2D eigenvalue weighted by Crippen LogP contribution is 2.42. The Morgan fingerprint density at radius 3 is 2.65 bits per heavy atom. The molecule has 43 heavy (non-hydrogen) atoms. The number of nitrogen functional groups attached to an aromatic ring is 1. The van der Waals surface area contributed by atoms with E-state index >= 15 is 8.78 Å². The number of hydrogen-bond acceptors (Lipinski definition) is 7. The van der Waals surface area contributed by atoms with Gasteiger partial charge < -0.3 is 20.3 Å². The van der Waals surface area contributed by atoms with Crippen LogP contribution >= 0.6 is 0 Å². The lowest BCUT2D eigenvalue weighted by atomic mass is 10.0. The van der Waals surface area contributed by atoms with E-state index < -0.39 is 17.2 Å². The molecule has 11 heteroatoms. The number of carbonyl (C=O) groups excluding carboxylic acids is 1. The van der Waals surface area contributed by atoms with Crippen LogP contribution in [-0.4, -0.2) is 57.1 Å². The summed E-state index contributed by atoms with van der Waals surface area (Å²) in [4.78, 5) is 39.9. The van der Waals surface area contributed by atoms with Crippen LogP contribution in [0.4, 0.5) is 20.2 Å². The Kier molecular flexibility index (Phi) is 6.90. The van der Waals surface area contributed by atoms with Crippen LogP contribution in [-0.2, 0) is 4.79 Å². The van der Waals surface area contributed by atoms with Gasteiger partial charge in [0.15, 0.2) is 11.5 Å². The lowest BCUT2D eigenvalue weighted by molar-refractivity contribution is -0.129. The number of rotatable bonds is 4. The molecule has 1 aromatic carbocycles. The number of aromatic nitrogens is 3. The SMILES string of the molecule is C=CC(=O)N1CC2COc3c(c4cc(F)c(-c5c(N)cccc5F)nc4n(-c4c(C)ccnc4C(C)C)c3=O)N2CC1C. The lowest BCUT2D eigenvalue weighted by Crippen LogP contribution is -2.62. The third kappa shape index (κ3) is 4.41. The van der Waals surface area contributed by atoms with Crippen LogP contribution in [0.2, 0.25) is 0 Å². The van der Waals surface area contributed by atoms with E-state index in [4.69, 9.17) is 10.5 Å². The molecule has 2 unspecified atom stereocenters. The number of ether oxygens (including phenoxy) is 1. The molecule has 4 aromatic rings. The monoisotopic (exact) mass is 586 g/mol. The molecule has 3 aromatic heterocycles. The van der Waals surface area contributed by atoms with Gasteiger partial charge in [-0.15, -0.1) is 0 Å². The summed E-state index contributed by atoms with van der Waals surface area (Å²) in [5.41, 5.74) is 7.50. The molecule has 2 N–H and O–H groups in total. The fourth-order valence-corrected chi connectivity index (χ4v) is 6.18. The Morgan fingerprint density at radius 1 is 1.19 bits per heavy atom. The van der Waals surface area contributed by atoms with E-state index in [-0.39, 0.29) is 58.9 Å². The van der Waals surface area contributed by atoms with Crippen molar-refractivity contribution in [1.82, 2.24) is 19.4 Å². The summed E-state index contributed by atoms with van der Waals surface area (Å²) in [6.07, 6.45) is 2.94. The number of piperazine rings is 1. The van der Waals surface area contributed by atoms with Crippen LogP contribution in [0.1, 0.15) is 37.9 Å². The van der Waals surface area contributed by atoms with Crippen molar-refractivity contribution in [2.75, 3.05) is 30.3 Å². The summed E-state index contributed by atoms with van der Waals surface area (Å²) >= 11 is 0. The molecule has 2 aliphatic heterocycles. The Balaban J connectivity index is 1.70. The number of nitrogens with zero attached hydrogens (tertiary/aromatic N) is 5. The number of nitrogens with two attached hydrogens (primary N) is 1. The number of pyridine rings is 3. The van der Waals surface area contributed by atoms with Gasteiger partial charge in [0.25, 0.3) is 0 Å². The third-order valence-electron chi connectivity index (χ3n) is 8.25. The zero-order valence-electron chi connectivity index (χ0n) is 24.4. The molecule has 1 saturated heterocycles. The van der Waals surface area contributed by atoms with Gasteiger partial charge in [0, 0.05) is 36.4 Å². The summed E-state index contributed by atoms with van der Waals surface area (Å²) < 4.78 is 38.7. The molecule has 2 aliphatic rings. The summed E-state index contributed by atoms with van der Waals surface area (Å²) in [5.74, 6) is -1.77. The highest BCUT2D eigenvalue weighted by Gasteiger charge is 2.41. The Bertz CT molecular complexity index is 1850. The minimum atomic E-state index is -0.806. The normalized spacial score (nSPS) is 17.9. The number of hydrogen-bond donors (Lipinski definition) is 1. The predicted octanol–water partition coefficient (Wildman–Crippen LogP) is 4.72. The van der Waals surface area contributed by atoms with E-state index in [1.165, 1.54) is 34.9 Å². The van der Waals surface area contributed by atoms with Crippen LogP contribution in [0.15, 0.2) is 54.0 Å². The Morgan fingerprint density at radius 2 is 1.95 bits per heavy atom. The smallest absolute Gasteiger partial charge is 0.301 e. The third-order valence-corrected chi connectivity index (χ3v) is 8.25. The van der Waals surface area contributed by atoms with Crippen molar-refractivity contribution >= 4 is 28.3 Å². The van der Waals surface area contributed by atoms with E-state index in [2.05, 4.69) is 16.5 Å². The summed E-state index contributed by atoms with van der Waals surface area (Å²) in [7, 11) is 0. The molecule has 0 radical (unpaired) electrons. The average Bonchev–Trinajstić information content (AvgIpc) is 2.97. The highest BCUT2D eigenvalue weighted by molar-refractivity contribution is 5.97. The van der Waals surface area contributed by atoms with E-state index in [0.29, 0.717) is 35.5 Å². The second kappa shape index (κ2) is 10.5. The van der Waals surface area contributed by atoms with E-state index in [1.54, 1.807) is 17.2 Å². The first-order valence-electron chi connectivity index (χ1n) is 14.1. The molecule has 1 fully saturated rings. The van der Waals surface area contributed by atoms with Crippen molar-refractivity contribution < 1.29 is 18.3 Å². The van der Waals surface area contributed by atoms with Crippen molar-refractivity contribution in [1.29, 1.82) is 0 Å². The molecule has 0 spiro atoms. The Hall–Kier alpha value is -4.80. The molecule has 1 amide bonds. The molecule has 5 heterocycles. The Labute approximate surface area is 247 Å². The molecule has 9 nitrogen and oxygen atoms in total.